The molecule has 0 N–H and O–H groups in total. The number of fused-ring (bicyclic) bond motifs is 1. The molecular weight excluding hydrogens is 281 g/mol. The van der Waals surface area contributed by atoms with E-state index >= 15 is 0 Å². The molecule has 1 aromatic heterocycles. The fourth-order valence-electron chi connectivity index (χ4n) is 2.64. The third-order valence-electron chi connectivity index (χ3n) is 3.55. The molecule has 0 atom stereocenters. The lowest BCUT2D eigenvalue weighted by Crippen LogP contribution is -2.26. The smallest absolute Gasteiger partial charge is 0.295 e. The summed E-state index contributed by atoms with van der Waals surface area (Å²) in [7, 11) is 0. The number of hydrogen-bond acceptors (Lipinski definition) is 2. The Morgan fingerprint density at radius 3 is 2.85 bits per heavy atom. The Labute approximate surface area is 119 Å². The number of halogens is 2. The van der Waals surface area contributed by atoms with Crippen LogP contribution in [-0.2, 0) is 13.0 Å². The number of hydrogen-bond donors (Lipinski definition) is 0. The van der Waals surface area contributed by atoms with Crippen LogP contribution in [0.3, 0.4) is 0 Å². The van der Waals surface area contributed by atoms with Gasteiger partial charge in [0.25, 0.3) is 0 Å². The Morgan fingerprint density at radius 1 is 1.35 bits per heavy atom. The van der Waals surface area contributed by atoms with Crippen LogP contribution in [0.5, 0.6) is 0 Å². The molecule has 0 amide bonds. The molecule has 4 nitrogen and oxygen atoms in total. The van der Waals surface area contributed by atoms with E-state index < -0.39 is 5.82 Å². The van der Waals surface area contributed by atoms with Crippen LogP contribution in [-0.4, -0.2) is 9.13 Å². The third kappa shape index (κ3) is 1.84. The first-order valence-electron chi connectivity index (χ1n) is 6.33. The SMILES string of the molecule is N#Cc1c2n(c(=O)n1-c1ccc(Cl)cc1F)CCCC2. The van der Waals surface area contributed by atoms with Gasteiger partial charge in [0.15, 0.2) is 0 Å². The molecule has 0 fully saturated rings. The monoisotopic (exact) mass is 291 g/mol. The van der Waals surface area contributed by atoms with Crippen LogP contribution < -0.4 is 5.69 Å². The Bertz CT molecular complexity index is 785. The maximum absolute atomic E-state index is 14.0. The Kier molecular flexibility index (Phi) is 3.11. The first kappa shape index (κ1) is 12.9. The zero-order valence-corrected chi connectivity index (χ0v) is 11.3. The highest BCUT2D eigenvalue weighted by molar-refractivity contribution is 6.30. The highest BCUT2D eigenvalue weighted by atomic mass is 35.5. The molecule has 0 radical (unpaired) electrons. The van der Waals surface area contributed by atoms with Gasteiger partial charge in [-0.1, -0.05) is 11.6 Å². The number of benzene rings is 1. The third-order valence-corrected chi connectivity index (χ3v) is 3.78. The van der Waals surface area contributed by atoms with Crippen molar-refractivity contribution in [3.63, 3.8) is 0 Å². The van der Waals surface area contributed by atoms with E-state index in [9.17, 15) is 14.4 Å². The molecule has 1 aliphatic rings. The minimum Gasteiger partial charge on any atom is -0.295 e. The van der Waals surface area contributed by atoms with E-state index in [1.807, 2.05) is 6.07 Å². The van der Waals surface area contributed by atoms with Gasteiger partial charge in [0, 0.05) is 11.6 Å². The van der Waals surface area contributed by atoms with Gasteiger partial charge in [-0.15, -0.1) is 0 Å². The molecule has 0 unspecified atom stereocenters. The van der Waals surface area contributed by atoms with Gasteiger partial charge in [-0.3, -0.25) is 4.57 Å². The second-order valence-corrected chi connectivity index (χ2v) is 5.17. The zero-order valence-electron chi connectivity index (χ0n) is 10.6. The molecule has 0 saturated carbocycles. The summed E-state index contributed by atoms with van der Waals surface area (Å²) < 4.78 is 16.7. The van der Waals surface area contributed by atoms with Gasteiger partial charge in [-0.25, -0.2) is 13.8 Å². The normalized spacial score (nSPS) is 13.8. The van der Waals surface area contributed by atoms with Gasteiger partial charge in [0.2, 0.25) is 0 Å². The van der Waals surface area contributed by atoms with Crippen molar-refractivity contribution >= 4 is 11.6 Å². The van der Waals surface area contributed by atoms with Gasteiger partial charge >= 0.3 is 5.69 Å². The number of nitriles is 1. The van der Waals surface area contributed by atoms with E-state index in [1.165, 1.54) is 12.1 Å². The minimum atomic E-state index is -0.612. The molecule has 0 saturated heterocycles. The van der Waals surface area contributed by atoms with E-state index in [0.29, 0.717) is 18.7 Å². The van der Waals surface area contributed by atoms with Crippen LogP contribution in [0.15, 0.2) is 23.0 Å². The molecular formula is C14H11ClFN3O. The quantitative estimate of drug-likeness (QED) is 0.811. The minimum absolute atomic E-state index is 0.0675. The number of rotatable bonds is 1. The molecule has 3 rings (SSSR count). The van der Waals surface area contributed by atoms with E-state index in [2.05, 4.69) is 0 Å². The molecule has 0 bridgehead atoms. The molecule has 0 aliphatic carbocycles. The van der Waals surface area contributed by atoms with Crippen molar-refractivity contribution in [2.24, 2.45) is 0 Å². The summed E-state index contributed by atoms with van der Waals surface area (Å²) >= 11 is 5.72. The summed E-state index contributed by atoms with van der Waals surface area (Å²) in [6.07, 6.45) is 2.49. The molecule has 6 heteroatoms. The van der Waals surface area contributed by atoms with Gasteiger partial charge in [0.1, 0.15) is 17.6 Å². The number of aromatic nitrogens is 2. The van der Waals surface area contributed by atoms with Crippen LogP contribution in [0, 0.1) is 17.1 Å². The second kappa shape index (κ2) is 4.80. The van der Waals surface area contributed by atoms with E-state index in [4.69, 9.17) is 11.6 Å². The van der Waals surface area contributed by atoms with Crippen LogP contribution in [0.1, 0.15) is 24.2 Å². The first-order chi connectivity index (χ1) is 9.63. The van der Waals surface area contributed by atoms with Crippen molar-refractivity contribution in [2.75, 3.05) is 0 Å². The number of nitrogens with zero attached hydrogens (tertiary/aromatic N) is 3. The summed E-state index contributed by atoms with van der Waals surface area (Å²) in [4.78, 5) is 12.4. The number of imidazole rings is 1. The maximum atomic E-state index is 14.0. The summed E-state index contributed by atoms with van der Waals surface area (Å²) in [5.74, 6) is -0.612. The fraction of sp³-hybridized carbons (Fsp3) is 0.286. The molecule has 1 aliphatic heterocycles. The van der Waals surface area contributed by atoms with Crippen molar-refractivity contribution in [2.45, 2.75) is 25.8 Å². The van der Waals surface area contributed by atoms with Crippen LogP contribution >= 0.6 is 11.6 Å². The van der Waals surface area contributed by atoms with E-state index in [1.54, 1.807) is 4.57 Å². The largest absolute Gasteiger partial charge is 0.334 e. The lowest BCUT2D eigenvalue weighted by molar-refractivity contribution is 0.517. The molecule has 1 aromatic carbocycles. The average Bonchev–Trinajstić information content (AvgIpc) is 2.72. The van der Waals surface area contributed by atoms with Gasteiger partial charge in [0.05, 0.1) is 11.4 Å². The van der Waals surface area contributed by atoms with Crippen molar-refractivity contribution in [1.29, 1.82) is 5.26 Å². The zero-order chi connectivity index (χ0) is 14.3. The van der Waals surface area contributed by atoms with Gasteiger partial charge in [-0.2, -0.15) is 5.26 Å². The second-order valence-electron chi connectivity index (χ2n) is 4.73. The molecule has 102 valence electrons. The van der Waals surface area contributed by atoms with Crippen LogP contribution in [0.25, 0.3) is 5.69 Å². The van der Waals surface area contributed by atoms with E-state index in [-0.39, 0.29) is 22.1 Å². The lowest BCUT2D eigenvalue weighted by atomic mass is 10.1. The first-order valence-corrected chi connectivity index (χ1v) is 6.71. The standard InChI is InChI=1S/C14H11ClFN3O/c15-9-4-5-11(10(16)7-9)19-13(8-17)12-3-1-2-6-18(12)14(19)20/h4-5,7H,1-3,6H2. The summed E-state index contributed by atoms with van der Waals surface area (Å²) in [6.45, 7) is 0.574. The fourth-order valence-corrected chi connectivity index (χ4v) is 2.79. The molecule has 2 heterocycles. The highest BCUT2D eigenvalue weighted by Crippen LogP contribution is 2.23. The maximum Gasteiger partial charge on any atom is 0.334 e. The van der Waals surface area contributed by atoms with Crippen LogP contribution in [0.2, 0.25) is 5.02 Å². The lowest BCUT2D eigenvalue weighted by Gasteiger charge is -2.12. The molecule has 0 spiro atoms. The topological polar surface area (TPSA) is 50.7 Å². The van der Waals surface area contributed by atoms with Crippen LogP contribution in [0.4, 0.5) is 4.39 Å². The van der Waals surface area contributed by atoms with E-state index in [0.717, 1.165) is 23.5 Å². The predicted octanol–water partition coefficient (Wildman–Crippen LogP) is 2.64. The summed E-state index contributed by atoms with van der Waals surface area (Å²) in [5, 5.41) is 9.57. The predicted molar refractivity (Wildman–Crippen MR) is 72.7 cm³/mol. The Balaban J connectivity index is 2.32. The van der Waals surface area contributed by atoms with Crippen molar-refractivity contribution in [3.8, 4) is 11.8 Å². The van der Waals surface area contributed by atoms with Gasteiger partial charge < -0.3 is 0 Å². The summed E-state index contributed by atoms with van der Waals surface area (Å²) in [6, 6.07) is 6.09. The summed E-state index contributed by atoms with van der Waals surface area (Å²) in [5.41, 5.74) is 0.615. The Morgan fingerprint density at radius 2 is 2.15 bits per heavy atom. The van der Waals surface area contributed by atoms with Gasteiger partial charge in [-0.05, 0) is 37.5 Å². The highest BCUT2D eigenvalue weighted by Gasteiger charge is 2.24. The molecule has 20 heavy (non-hydrogen) atoms. The van der Waals surface area contributed by atoms with Crippen molar-refractivity contribution in [3.05, 3.63) is 50.9 Å². The van der Waals surface area contributed by atoms with Crippen molar-refractivity contribution < 1.29 is 4.39 Å². The Hall–Kier alpha value is -2.06. The molecule has 2 aromatic rings. The van der Waals surface area contributed by atoms with Crippen molar-refractivity contribution in [1.82, 2.24) is 9.13 Å². The average molecular weight is 292 g/mol.